The van der Waals surface area contributed by atoms with E-state index in [1.165, 1.54) is 17.4 Å². The number of imide groups is 2. The number of hydrogen-bond acceptors (Lipinski definition) is 13. The highest BCUT2D eigenvalue weighted by molar-refractivity contribution is 7.22. The summed E-state index contributed by atoms with van der Waals surface area (Å²) in [5.74, 6) is -3.26. The molecule has 4 aliphatic rings. The fourth-order valence-electron chi connectivity index (χ4n) is 10.6. The number of unbranched alkanes of at least 4 members (excludes halogenated alkanes) is 6. The highest BCUT2D eigenvalue weighted by Crippen LogP contribution is 2.36. The number of halogens is 1. The van der Waals surface area contributed by atoms with Crippen molar-refractivity contribution >= 4 is 73.7 Å². The summed E-state index contributed by atoms with van der Waals surface area (Å²) in [5, 5.41) is 16.1. The Morgan fingerprint density at radius 3 is 2.30 bits per heavy atom. The summed E-state index contributed by atoms with van der Waals surface area (Å²) in [6.45, 7) is 7.06. The summed E-state index contributed by atoms with van der Waals surface area (Å²) < 4.78 is 22.7. The molecule has 74 heavy (non-hydrogen) atoms. The first-order chi connectivity index (χ1) is 35.9. The molecule has 2 fully saturated rings. The first-order valence-corrected chi connectivity index (χ1v) is 26.3. The van der Waals surface area contributed by atoms with Crippen LogP contribution >= 0.6 is 11.3 Å². The number of thiazole rings is 1. The fraction of sp³-hybridized carbons (Fsp3) is 0.357. The van der Waals surface area contributed by atoms with E-state index in [9.17, 15) is 33.9 Å². The van der Waals surface area contributed by atoms with Crippen LogP contribution in [-0.4, -0.2) is 112 Å². The van der Waals surface area contributed by atoms with E-state index < -0.39 is 41.5 Å². The lowest BCUT2D eigenvalue weighted by Crippen LogP contribution is -2.54. The van der Waals surface area contributed by atoms with Gasteiger partial charge in [-0.05, 0) is 110 Å². The zero-order valence-corrected chi connectivity index (χ0v) is 42.0. The van der Waals surface area contributed by atoms with E-state index in [4.69, 9.17) is 9.72 Å². The Morgan fingerprint density at radius 1 is 0.784 bits per heavy atom. The minimum Gasteiger partial charge on any atom is -0.493 e. The largest absolute Gasteiger partial charge is 0.493 e. The van der Waals surface area contributed by atoms with Crippen LogP contribution in [0.2, 0.25) is 0 Å². The van der Waals surface area contributed by atoms with Crippen LogP contribution in [0.15, 0.2) is 84.9 Å². The molecule has 1 unspecified atom stereocenters. The number of para-hydroxylation sites is 1. The summed E-state index contributed by atoms with van der Waals surface area (Å²) >= 11 is 1.42. The number of nitrogens with zero attached hydrogens (tertiary/aromatic N) is 6. The van der Waals surface area contributed by atoms with E-state index in [0.29, 0.717) is 67.0 Å². The predicted octanol–water partition coefficient (Wildman–Crippen LogP) is 8.65. The molecule has 5 amide bonds. The smallest absolute Gasteiger partial charge is 0.355 e. The fourth-order valence-corrected chi connectivity index (χ4v) is 11.4. The third kappa shape index (κ3) is 10.5. The molecule has 6 aromatic rings. The lowest BCUT2D eigenvalue weighted by atomic mass is 9.94. The summed E-state index contributed by atoms with van der Waals surface area (Å²) in [6.07, 6.45) is 8.14. The summed E-state index contributed by atoms with van der Waals surface area (Å²) in [6, 6.07) is 24.3. The zero-order chi connectivity index (χ0) is 51.5. The number of piperazine rings is 1. The average molecular weight is 1020 g/mol. The predicted molar refractivity (Wildman–Crippen MR) is 280 cm³/mol. The molecule has 10 rings (SSSR count). The van der Waals surface area contributed by atoms with Gasteiger partial charge in [0.2, 0.25) is 11.8 Å². The number of amides is 5. The summed E-state index contributed by atoms with van der Waals surface area (Å²) in [4.78, 5) is 93.3. The topological polar surface area (TPSA) is 195 Å². The van der Waals surface area contributed by atoms with Crippen LogP contribution in [0.1, 0.15) is 116 Å². The van der Waals surface area contributed by atoms with E-state index >= 15 is 4.39 Å². The molecule has 18 heteroatoms. The molecule has 1 atom stereocenters. The van der Waals surface area contributed by atoms with Gasteiger partial charge in [-0.3, -0.25) is 44.4 Å². The standard InChI is InChI=1S/C56H57FN8O8S/c1-34-36(37-19-21-48(59-50(37)55(71)72)64-25-23-35-13-11-15-38(41(35)33-64)51(67)61-56-58-43-16-7-8-18-47(43)74-56)14-12-17-46(34)73-30-10-6-4-2-3-5-9-24-62-26-28-63(29-27-62)45-32-40-39(31-42(45)57)53(69)65(54(40)70)44-20-22-49(66)60-52(44)68/h7-8,11-19,21,31-32,44H,2-6,9-10,20,22-30,33H2,1H3,(H,71,72)(H,58,61,67)(H,60,66,68). The van der Waals surface area contributed by atoms with E-state index in [2.05, 4.69) is 20.5 Å². The average Bonchev–Trinajstić information content (AvgIpc) is 3.92. The molecule has 16 nitrogen and oxygen atoms in total. The Balaban J connectivity index is 0.650. The third-order valence-electron chi connectivity index (χ3n) is 14.6. The molecular formula is C56H57FN8O8S. The van der Waals surface area contributed by atoms with Crippen LogP contribution in [0.25, 0.3) is 21.3 Å². The van der Waals surface area contributed by atoms with Crippen LogP contribution in [0.5, 0.6) is 5.75 Å². The van der Waals surface area contributed by atoms with Gasteiger partial charge in [-0.25, -0.2) is 19.2 Å². The van der Waals surface area contributed by atoms with E-state index in [-0.39, 0.29) is 41.3 Å². The number of pyridine rings is 1. The molecule has 0 bridgehead atoms. The van der Waals surface area contributed by atoms with Crippen molar-refractivity contribution in [3.63, 3.8) is 0 Å². The van der Waals surface area contributed by atoms with Gasteiger partial charge in [0, 0.05) is 56.8 Å². The van der Waals surface area contributed by atoms with Crippen LogP contribution in [0, 0.1) is 12.7 Å². The number of rotatable bonds is 18. The maximum Gasteiger partial charge on any atom is 0.355 e. The Bertz CT molecular complexity index is 3160. The van der Waals surface area contributed by atoms with Crippen molar-refractivity contribution in [2.75, 3.05) is 61.0 Å². The summed E-state index contributed by atoms with van der Waals surface area (Å²) in [5.41, 5.74) is 5.63. The molecule has 4 aliphatic heterocycles. The number of piperidine rings is 1. The van der Waals surface area contributed by atoms with Gasteiger partial charge in [-0.15, -0.1) is 0 Å². The van der Waals surface area contributed by atoms with E-state index in [1.54, 1.807) is 0 Å². The van der Waals surface area contributed by atoms with Crippen LogP contribution in [-0.2, 0) is 22.6 Å². The quantitative estimate of drug-likeness (QED) is 0.0548. The maximum atomic E-state index is 15.4. The van der Waals surface area contributed by atoms with Gasteiger partial charge < -0.3 is 19.6 Å². The molecule has 0 aliphatic carbocycles. The second kappa shape index (κ2) is 21.9. The number of benzene rings is 4. The first kappa shape index (κ1) is 50.0. The van der Waals surface area contributed by atoms with Gasteiger partial charge in [0.05, 0.1) is 33.6 Å². The van der Waals surface area contributed by atoms with Gasteiger partial charge >= 0.3 is 5.97 Å². The molecule has 0 spiro atoms. The number of anilines is 3. The van der Waals surface area contributed by atoms with Crippen molar-refractivity contribution in [1.82, 2.24) is 25.1 Å². The van der Waals surface area contributed by atoms with Crippen LogP contribution in [0.4, 0.5) is 21.0 Å². The van der Waals surface area contributed by atoms with E-state index in [1.807, 2.05) is 89.5 Å². The SMILES string of the molecule is Cc1c(OCCCCCCCCCN2CCN(c3cc4c(cc3F)C(=O)N(C3CCC(=O)NC3=O)C4=O)CC2)cccc1-c1ccc(N2CCc3cccc(C(=O)Nc4nc5ccccc5s4)c3C2)nc1C(=O)O. The lowest BCUT2D eigenvalue weighted by molar-refractivity contribution is -0.136. The van der Waals surface area contributed by atoms with Crippen molar-refractivity contribution in [3.8, 4) is 16.9 Å². The van der Waals surface area contributed by atoms with Gasteiger partial charge in [-0.2, -0.15) is 0 Å². The van der Waals surface area contributed by atoms with Crippen LogP contribution in [0.3, 0.4) is 0 Å². The molecule has 2 saturated heterocycles. The van der Waals surface area contributed by atoms with Gasteiger partial charge in [-0.1, -0.05) is 79.8 Å². The number of carboxylic acids is 1. The number of aromatic carboxylic acids is 1. The molecule has 4 aromatic carbocycles. The number of aromatic nitrogens is 2. The van der Waals surface area contributed by atoms with E-state index in [0.717, 1.165) is 108 Å². The molecular weight excluding hydrogens is 964 g/mol. The Labute approximate surface area is 431 Å². The second-order valence-corrected chi connectivity index (χ2v) is 20.3. The number of hydrogen-bond donors (Lipinski definition) is 3. The highest BCUT2D eigenvalue weighted by atomic mass is 32.1. The van der Waals surface area contributed by atoms with Gasteiger partial charge in [0.1, 0.15) is 23.4 Å². The Kier molecular flexibility index (Phi) is 14.8. The normalized spacial score (nSPS) is 16.9. The van der Waals surface area contributed by atoms with Crippen molar-refractivity contribution in [2.45, 2.75) is 83.7 Å². The number of carbonyl (C=O) groups excluding carboxylic acids is 5. The lowest BCUT2D eigenvalue weighted by Gasteiger charge is -2.36. The van der Waals surface area contributed by atoms with Crippen molar-refractivity contribution in [1.29, 1.82) is 0 Å². The van der Waals surface area contributed by atoms with Crippen molar-refractivity contribution < 1.29 is 43.0 Å². The van der Waals surface area contributed by atoms with Crippen molar-refractivity contribution in [3.05, 3.63) is 130 Å². The molecule has 0 saturated carbocycles. The molecule has 2 aromatic heterocycles. The minimum absolute atomic E-state index is 0.0144. The van der Waals surface area contributed by atoms with Crippen LogP contribution < -0.4 is 25.2 Å². The van der Waals surface area contributed by atoms with Crippen molar-refractivity contribution in [2.24, 2.45) is 0 Å². The maximum absolute atomic E-state index is 15.4. The Hall–Kier alpha value is -7.57. The third-order valence-corrected chi connectivity index (χ3v) is 15.6. The summed E-state index contributed by atoms with van der Waals surface area (Å²) in [7, 11) is 0. The number of nitrogens with one attached hydrogen (secondary N) is 2. The molecule has 0 radical (unpaired) electrons. The Morgan fingerprint density at radius 2 is 1.53 bits per heavy atom. The zero-order valence-electron chi connectivity index (χ0n) is 41.2. The molecule has 3 N–H and O–H groups in total. The first-order valence-electron chi connectivity index (χ1n) is 25.4. The second-order valence-electron chi connectivity index (χ2n) is 19.3. The minimum atomic E-state index is -1.13. The number of ether oxygens (including phenoxy) is 1. The number of carbonyl (C=O) groups is 6. The van der Waals surface area contributed by atoms with Gasteiger partial charge in [0.15, 0.2) is 10.8 Å². The molecule has 382 valence electrons. The number of fused-ring (bicyclic) bond motifs is 3. The molecule has 6 heterocycles. The number of carboxylic acid groups (broad SMARTS) is 1. The monoisotopic (exact) mass is 1020 g/mol. The van der Waals surface area contributed by atoms with Gasteiger partial charge in [0.25, 0.3) is 17.7 Å². The highest BCUT2D eigenvalue weighted by Gasteiger charge is 2.45.